The minimum absolute atomic E-state index is 0.258. The Kier molecular flexibility index (Phi) is 3.28. The molecule has 0 atom stereocenters. The van der Waals surface area contributed by atoms with Crippen LogP contribution in [0, 0.1) is 12.7 Å². The molecule has 0 saturated carbocycles. The number of H-pyrrole nitrogens is 1. The van der Waals surface area contributed by atoms with Gasteiger partial charge in [-0.2, -0.15) is 5.10 Å². The number of benzene rings is 2. The molecule has 20 heavy (non-hydrogen) atoms. The average Bonchev–Trinajstić information content (AvgIpc) is 2.89. The monoisotopic (exact) mass is 286 g/mol. The van der Waals surface area contributed by atoms with Crippen molar-refractivity contribution in [3.8, 4) is 22.5 Å². The van der Waals surface area contributed by atoms with Crippen molar-refractivity contribution in [1.82, 2.24) is 10.2 Å². The number of aromatic nitrogens is 2. The van der Waals surface area contributed by atoms with E-state index in [1.54, 1.807) is 12.1 Å². The van der Waals surface area contributed by atoms with Gasteiger partial charge in [-0.1, -0.05) is 23.7 Å². The highest BCUT2D eigenvalue weighted by molar-refractivity contribution is 6.33. The molecule has 100 valence electrons. The quantitative estimate of drug-likeness (QED) is 0.717. The van der Waals surface area contributed by atoms with Crippen LogP contribution in [0.25, 0.3) is 22.5 Å². The molecule has 0 unspecified atom stereocenters. The zero-order chi connectivity index (χ0) is 14.1. The summed E-state index contributed by atoms with van der Waals surface area (Å²) < 4.78 is 12.9. The topological polar surface area (TPSA) is 28.7 Å². The van der Waals surface area contributed by atoms with Crippen LogP contribution in [-0.4, -0.2) is 10.2 Å². The van der Waals surface area contributed by atoms with E-state index in [1.165, 1.54) is 12.1 Å². The van der Waals surface area contributed by atoms with E-state index in [2.05, 4.69) is 10.2 Å². The third-order valence-corrected chi connectivity index (χ3v) is 3.45. The molecule has 0 aliphatic carbocycles. The molecule has 3 aromatic rings. The minimum atomic E-state index is -0.258. The smallest absolute Gasteiger partial charge is 0.123 e. The average molecular weight is 287 g/mol. The third-order valence-electron chi connectivity index (χ3n) is 3.13. The second-order valence-electron chi connectivity index (χ2n) is 4.66. The molecule has 0 radical (unpaired) electrons. The molecule has 4 heteroatoms. The Labute approximate surface area is 121 Å². The van der Waals surface area contributed by atoms with E-state index >= 15 is 0 Å². The van der Waals surface area contributed by atoms with E-state index in [0.29, 0.717) is 5.02 Å². The number of aromatic amines is 1. The van der Waals surface area contributed by atoms with E-state index in [4.69, 9.17) is 11.6 Å². The summed E-state index contributed by atoms with van der Waals surface area (Å²) in [6.45, 7) is 1.99. The molecular formula is C16H12ClFN2. The summed E-state index contributed by atoms with van der Waals surface area (Å²) in [5, 5.41) is 7.90. The van der Waals surface area contributed by atoms with Gasteiger partial charge in [0.05, 0.1) is 16.4 Å². The van der Waals surface area contributed by atoms with Crippen molar-refractivity contribution in [3.63, 3.8) is 0 Å². The van der Waals surface area contributed by atoms with Gasteiger partial charge in [0.1, 0.15) is 5.82 Å². The van der Waals surface area contributed by atoms with Crippen molar-refractivity contribution >= 4 is 11.6 Å². The van der Waals surface area contributed by atoms with Crippen molar-refractivity contribution in [1.29, 1.82) is 0 Å². The van der Waals surface area contributed by atoms with Crippen LogP contribution in [0.4, 0.5) is 4.39 Å². The summed E-state index contributed by atoms with van der Waals surface area (Å²) >= 11 is 6.24. The summed E-state index contributed by atoms with van der Waals surface area (Å²) in [5.41, 5.74) is 4.47. The first-order valence-electron chi connectivity index (χ1n) is 6.21. The number of aryl methyl sites for hydroxylation is 1. The molecule has 0 spiro atoms. The van der Waals surface area contributed by atoms with Gasteiger partial charge in [-0.15, -0.1) is 0 Å². The number of nitrogens with zero attached hydrogens (tertiary/aromatic N) is 1. The first-order chi connectivity index (χ1) is 9.63. The lowest BCUT2D eigenvalue weighted by atomic mass is 10.1. The van der Waals surface area contributed by atoms with E-state index in [1.807, 2.05) is 31.2 Å². The number of hydrogen-bond donors (Lipinski definition) is 1. The van der Waals surface area contributed by atoms with Crippen LogP contribution in [0.2, 0.25) is 5.02 Å². The van der Waals surface area contributed by atoms with Gasteiger partial charge in [-0.3, -0.25) is 5.10 Å². The molecule has 0 saturated heterocycles. The van der Waals surface area contributed by atoms with Gasteiger partial charge in [0.15, 0.2) is 0 Å². The van der Waals surface area contributed by atoms with E-state index in [9.17, 15) is 4.39 Å². The van der Waals surface area contributed by atoms with Crippen molar-refractivity contribution in [2.45, 2.75) is 6.92 Å². The fourth-order valence-electron chi connectivity index (χ4n) is 2.07. The number of nitrogens with one attached hydrogen (secondary N) is 1. The Morgan fingerprint density at radius 3 is 2.50 bits per heavy atom. The summed E-state index contributed by atoms with van der Waals surface area (Å²) in [6, 6.07) is 14.0. The Bertz CT molecular complexity index is 747. The van der Waals surface area contributed by atoms with Gasteiger partial charge in [0, 0.05) is 11.1 Å². The van der Waals surface area contributed by atoms with Gasteiger partial charge in [-0.25, -0.2) is 4.39 Å². The zero-order valence-corrected chi connectivity index (χ0v) is 11.6. The van der Waals surface area contributed by atoms with Crippen LogP contribution >= 0.6 is 11.6 Å². The number of halogens is 2. The first kappa shape index (κ1) is 12.9. The Morgan fingerprint density at radius 2 is 1.80 bits per heavy atom. The van der Waals surface area contributed by atoms with Gasteiger partial charge in [-0.05, 0) is 48.9 Å². The fraction of sp³-hybridized carbons (Fsp3) is 0.0625. The lowest BCUT2D eigenvalue weighted by Gasteiger charge is -2.01. The van der Waals surface area contributed by atoms with Crippen LogP contribution in [-0.2, 0) is 0 Å². The third kappa shape index (κ3) is 2.45. The fourth-order valence-corrected chi connectivity index (χ4v) is 2.40. The van der Waals surface area contributed by atoms with E-state index in [0.717, 1.165) is 28.1 Å². The van der Waals surface area contributed by atoms with Gasteiger partial charge >= 0.3 is 0 Å². The molecule has 1 N–H and O–H groups in total. The predicted octanol–water partition coefficient (Wildman–Crippen LogP) is 4.84. The zero-order valence-electron chi connectivity index (χ0n) is 10.8. The maximum Gasteiger partial charge on any atom is 0.123 e. The summed E-state index contributed by atoms with van der Waals surface area (Å²) in [4.78, 5) is 0. The largest absolute Gasteiger partial charge is 0.277 e. The van der Waals surface area contributed by atoms with Crippen LogP contribution in [0.5, 0.6) is 0 Å². The van der Waals surface area contributed by atoms with Gasteiger partial charge < -0.3 is 0 Å². The van der Waals surface area contributed by atoms with Gasteiger partial charge in [0.25, 0.3) is 0 Å². The van der Waals surface area contributed by atoms with Crippen molar-refractivity contribution in [2.24, 2.45) is 0 Å². The normalized spacial score (nSPS) is 10.8. The Morgan fingerprint density at radius 1 is 1.05 bits per heavy atom. The molecule has 1 aromatic heterocycles. The molecule has 2 nitrogen and oxygen atoms in total. The molecule has 0 amide bonds. The van der Waals surface area contributed by atoms with E-state index in [-0.39, 0.29) is 5.82 Å². The molecule has 3 rings (SSSR count). The summed E-state index contributed by atoms with van der Waals surface area (Å²) in [5.74, 6) is -0.258. The first-order valence-corrected chi connectivity index (χ1v) is 6.59. The van der Waals surface area contributed by atoms with Crippen molar-refractivity contribution < 1.29 is 4.39 Å². The number of hydrogen-bond acceptors (Lipinski definition) is 1. The molecule has 1 heterocycles. The highest BCUT2D eigenvalue weighted by Crippen LogP contribution is 2.29. The maximum absolute atomic E-state index is 12.9. The molecular weight excluding hydrogens is 275 g/mol. The SMILES string of the molecule is Cc1ccc(-c2cc(-c3ccc(F)cc3)n[nH]2)c(Cl)c1. The standard InChI is InChI=1S/C16H12ClFN2/c1-10-2-7-13(14(17)8-10)16-9-15(19-20-16)11-3-5-12(18)6-4-11/h2-9H,1H3,(H,19,20). The highest BCUT2D eigenvalue weighted by atomic mass is 35.5. The van der Waals surface area contributed by atoms with Crippen LogP contribution in [0.15, 0.2) is 48.5 Å². The maximum atomic E-state index is 12.9. The van der Waals surface area contributed by atoms with Crippen molar-refractivity contribution in [2.75, 3.05) is 0 Å². The van der Waals surface area contributed by atoms with Crippen LogP contribution < -0.4 is 0 Å². The molecule has 0 bridgehead atoms. The second-order valence-corrected chi connectivity index (χ2v) is 5.06. The molecule has 2 aromatic carbocycles. The summed E-state index contributed by atoms with van der Waals surface area (Å²) in [6.07, 6.45) is 0. The van der Waals surface area contributed by atoms with Gasteiger partial charge in [0.2, 0.25) is 0 Å². The molecule has 0 aliphatic heterocycles. The Hall–Kier alpha value is -2.13. The summed E-state index contributed by atoms with van der Waals surface area (Å²) in [7, 11) is 0. The highest BCUT2D eigenvalue weighted by Gasteiger charge is 2.09. The number of rotatable bonds is 2. The molecule has 0 aliphatic rings. The Balaban J connectivity index is 1.99. The molecule has 0 fully saturated rings. The van der Waals surface area contributed by atoms with Crippen molar-refractivity contribution in [3.05, 3.63) is 64.9 Å². The second kappa shape index (κ2) is 5.10. The lowest BCUT2D eigenvalue weighted by molar-refractivity contribution is 0.628. The van der Waals surface area contributed by atoms with E-state index < -0.39 is 0 Å². The predicted molar refractivity (Wildman–Crippen MR) is 79.2 cm³/mol. The lowest BCUT2D eigenvalue weighted by Crippen LogP contribution is -1.81. The van der Waals surface area contributed by atoms with Crippen LogP contribution in [0.3, 0.4) is 0 Å². The minimum Gasteiger partial charge on any atom is -0.277 e. The van der Waals surface area contributed by atoms with Crippen LogP contribution in [0.1, 0.15) is 5.56 Å².